The van der Waals surface area contributed by atoms with Crippen LogP contribution in [0.2, 0.25) is 0 Å². The summed E-state index contributed by atoms with van der Waals surface area (Å²) in [5.41, 5.74) is 7.48. The van der Waals surface area contributed by atoms with Crippen molar-refractivity contribution in [3.8, 4) is 28.1 Å². The summed E-state index contributed by atoms with van der Waals surface area (Å²) in [6, 6.07) is 19.0. The van der Waals surface area contributed by atoms with E-state index in [1.165, 1.54) is 58.8 Å². The number of aromatic nitrogens is 4. The molecule has 0 radical (unpaired) electrons. The van der Waals surface area contributed by atoms with Gasteiger partial charge in [-0.15, -0.1) is 0 Å². The molecule has 5 aliphatic rings. The molecule has 0 atom stereocenters. The zero-order chi connectivity index (χ0) is 49.4. The SMILES string of the molecule is COC(=O)N1CCC2(CC1)C(=O)N(C)c1cnc3ccc(-c4ccc(F)nc4)cc3c12.COC(=O)N1CCC2(CC1)C(=O)N(C)c1cnc3ccc(-c4ccc(OCCCN5CCCCC5)nc4)cc3c12. The van der Waals surface area contributed by atoms with Crippen LogP contribution in [0.5, 0.6) is 5.88 Å². The van der Waals surface area contributed by atoms with E-state index in [0.29, 0.717) is 64.3 Å². The molecule has 4 aromatic heterocycles. The number of nitrogens with zero attached hydrogens (tertiary/aromatic N) is 9. The highest BCUT2D eigenvalue weighted by Gasteiger charge is 2.54. The van der Waals surface area contributed by atoms with Gasteiger partial charge in [-0.05, 0) is 112 Å². The summed E-state index contributed by atoms with van der Waals surface area (Å²) in [5.74, 6) is 0.190. The fraction of sp³-hybridized carbons (Fsp3) is 0.407. The molecule has 0 unspecified atom stereocenters. The first kappa shape index (κ1) is 47.4. The number of piperidine rings is 3. The summed E-state index contributed by atoms with van der Waals surface area (Å²) in [4.78, 5) is 78.0. The van der Waals surface area contributed by atoms with Gasteiger partial charge in [-0.2, -0.15) is 4.39 Å². The highest BCUT2D eigenvalue weighted by molar-refractivity contribution is 6.13. The van der Waals surface area contributed by atoms with E-state index in [4.69, 9.17) is 14.2 Å². The van der Waals surface area contributed by atoms with Crippen molar-refractivity contribution in [1.82, 2.24) is 34.6 Å². The van der Waals surface area contributed by atoms with Gasteiger partial charge in [-0.1, -0.05) is 18.6 Å². The molecule has 16 nitrogen and oxygen atoms in total. The fourth-order valence-electron chi connectivity index (χ4n) is 11.5. The van der Waals surface area contributed by atoms with E-state index in [0.717, 1.165) is 79.5 Å². The third-order valence-corrected chi connectivity index (χ3v) is 15.4. The Balaban J connectivity index is 0.000000169. The average molecular weight is 964 g/mol. The van der Waals surface area contributed by atoms with E-state index in [-0.39, 0.29) is 24.0 Å². The Labute approximate surface area is 411 Å². The molecule has 11 rings (SSSR count). The summed E-state index contributed by atoms with van der Waals surface area (Å²) in [7, 11) is 6.34. The number of amides is 4. The summed E-state index contributed by atoms with van der Waals surface area (Å²) >= 11 is 0. The monoisotopic (exact) mass is 963 g/mol. The second kappa shape index (κ2) is 19.5. The van der Waals surface area contributed by atoms with Crippen LogP contribution in [0.15, 0.2) is 85.5 Å². The molecule has 3 saturated heterocycles. The van der Waals surface area contributed by atoms with E-state index in [1.54, 1.807) is 45.1 Å². The minimum absolute atomic E-state index is 0.0233. The Hall–Kier alpha value is -7.27. The highest BCUT2D eigenvalue weighted by Crippen LogP contribution is 2.52. The second-order valence-electron chi connectivity index (χ2n) is 19.2. The first-order valence-corrected chi connectivity index (χ1v) is 24.5. The quantitative estimate of drug-likeness (QED) is 0.112. The molecule has 2 spiro atoms. The zero-order valence-corrected chi connectivity index (χ0v) is 40.7. The first-order valence-electron chi connectivity index (χ1n) is 24.5. The Morgan fingerprint density at radius 1 is 0.592 bits per heavy atom. The summed E-state index contributed by atoms with van der Waals surface area (Å²) in [5, 5.41) is 1.86. The summed E-state index contributed by atoms with van der Waals surface area (Å²) in [6.07, 6.45) is 13.2. The topological polar surface area (TPSA) is 164 Å². The fourth-order valence-corrected chi connectivity index (χ4v) is 11.5. The van der Waals surface area contributed by atoms with Crippen LogP contribution in [-0.2, 0) is 29.9 Å². The molecule has 0 saturated carbocycles. The van der Waals surface area contributed by atoms with Crippen LogP contribution in [-0.4, -0.2) is 139 Å². The third kappa shape index (κ3) is 8.63. The van der Waals surface area contributed by atoms with E-state index in [9.17, 15) is 23.6 Å². The molecule has 17 heteroatoms. The molecule has 368 valence electrons. The molecule has 2 aromatic carbocycles. The van der Waals surface area contributed by atoms with Gasteiger partial charge in [0.2, 0.25) is 23.6 Å². The van der Waals surface area contributed by atoms with Gasteiger partial charge in [-0.3, -0.25) is 19.6 Å². The maximum Gasteiger partial charge on any atom is 0.409 e. The number of ether oxygens (including phenoxy) is 3. The molecule has 3 fully saturated rings. The summed E-state index contributed by atoms with van der Waals surface area (Å²) in [6.45, 7) is 5.97. The number of anilines is 2. The van der Waals surface area contributed by atoms with E-state index >= 15 is 0 Å². The Morgan fingerprint density at radius 3 is 1.52 bits per heavy atom. The smallest absolute Gasteiger partial charge is 0.409 e. The minimum Gasteiger partial charge on any atom is -0.478 e. The van der Waals surface area contributed by atoms with Crippen molar-refractivity contribution in [2.24, 2.45) is 0 Å². The van der Waals surface area contributed by atoms with Crippen LogP contribution in [0, 0.1) is 5.95 Å². The Morgan fingerprint density at radius 2 is 1.07 bits per heavy atom. The van der Waals surface area contributed by atoms with Gasteiger partial charge in [0.15, 0.2) is 0 Å². The second-order valence-corrected chi connectivity index (χ2v) is 19.2. The number of fused-ring (bicyclic) bond motifs is 8. The third-order valence-electron chi connectivity index (χ3n) is 15.4. The number of carbonyl (C=O) groups excluding carboxylic acids is 4. The number of halogens is 1. The molecule has 0 N–H and O–H groups in total. The first-order chi connectivity index (χ1) is 34.4. The number of rotatable bonds is 7. The van der Waals surface area contributed by atoms with Crippen molar-refractivity contribution in [1.29, 1.82) is 0 Å². The van der Waals surface area contributed by atoms with Crippen molar-refractivity contribution in [3.05, 3.63) is 103 Å². The molecule has 0 bridgehead atoms. The molecule has 5 aliphatic heterocycles. The lowest BCUT2D eigenvalue weighted by atomic mass is 9.72. The van der Waals surface area contributed by atoms with E-state index in [1.807, 2.05) is 55.7 Å². The molecule has 71 heavy (non-hydrogen) atoms. The van der Waals surface area contributed by atoms with E-state index < -0.39 is 16.8 Å². The molecule has 4 amide bonds. The van der Waals surface area contributed by atoms with E-state index in [2.05, 4.69) is 30.9 Å². The standard InChI is InChI=1S/C31H37N5O4.C23H21FN4O3/c1-34-26-21-32-25-9-7-22(23-8-10-27(33-20-23)40-18-6-15-35-13-4-3-5-14-35)19-24(25)28(26)31(29(34)37)11-16-36(17-12-31)30(38)39-2;1-27-18-13-25-17-5-3-14(15-4-6-19(24)26-12-15)11-16(17)20(18)23(21(27)29)7-9-28(10-8-23)22(30)31-2/h7-10,19-21H,3-6,11-18H2,1-2H3;3-6,11-13H,7-10H2,1-2H3. The van der Waals surface area contributed by atoms with Crippen molar-refractivity contribution >= 4 is 57.2 Å². The zero-order valence-electron chi connectivity index (χ0n) is 40.7. The van der Waals surface area contributed by atoms with Gasteiger partial charge in [0.1, 0.15) is 0 Å². The molecule has 0 aliphatic carbocycles. The number of carbonyl (C=O) groups is 4. The number of methoxy groups -OCH3 is 2. The van der Waals surface area contributed by atoms with Gasteiger partial charge < -0.3 is 38.7 Å². The number of hydrogen-bond acceptors (Lipinski definition) is 12. The number of likely N-dealkylation sites (tertiary alicyclic amines) is 3. The lowest BCUT2D eigenvalue weighted by Crippen LogP contribution is -2.49. The molecular formula is C54H58FN9O7. The van der Waals surface area contributed by atoms with Crippen molar-refractivity contribution in [2.75, 3.05) is 90.5 Å². The molecule has 6 aromatic rings. The van der Waals surface area contributed by atoms with Gasteiger partial charge in [0.25, 0.3) is 0 Å². The Bertz CT molecular complexity index is 3000. The van der Waals surface area contributed by atoms with Crippen LogP contribution in [0.1, 0.15) is 62.5 Å². The lowest BCUT2D eigenvalue weighted by molar-refractivity contribution is -0.125. The maximum absolute atomic E-state index is 13.7. The van der Waals surface area contributed by atoms with Crippen molar-refractivity contribution in [2.45, 2.75) is 62.2 Å². The predicted octanol–water partition coefficient (Wildman–Crippen LogP) is 8.14. The number of benzene rings is 2. The lowest BCUT2D eigenvalue weighted by Gasteiger charge is -2.38. The van der Waals surface area contributed by atoms with Crippen molar-refractivity contribution in [3.63, 3.8) is 0 Å². The Kier molecular flexibility index (Phi) is 13.0. The molecular weight excluding hydrogens is 906 g/mol. The van der Waals surface area contributed by atoms with Crippen LogP contribution in [0.3, 0.4) is 0 Å². The van der Waals surface area contributed by atoms with Gasteiger partial charge in [0, 0.05) is 98.3 Å². The summed E-state index contributed by atoms with van der Waals surface area (Å²) < 4.78 is 29.0. The van der Waals surface area contributed by atoms with Crippen LogP contribution in [0.4, 0.5) is 25.4 Å². The van der Waals surface area contributed by atoms with Crippen LogP contribution < -0.4 is 14.5 Å². The average Bonchev–Trinajstić information content (AvgIpc) is 3.75. The highest BCUT2D eigenvalue weighted by atomic mass is 19.1. The van der Waals surface area contributed by atoms with Crippen molar-refractivity contribution < 1.29 is 37.8 Å². The van der Waals surface area contributed by atoms with Gasteiger partial charge >= 0.3 is 12.2 Å². The predicted molar refractivity (Wildman–Crippen MR) is 267 cm³/mol. The number of hydrogen-bond donors (Lipinski definition) is 0. The number of pyridine rings is 4. The molecule has 9 heterocycles. The van der Waals surface area contributed by atoms with Crippen LogP contribution in [0.25, 0.3) is 44.1 Å². The maximum atomic E-state index is 13.7. The van der Waals surface area contributed by atoms with Crippen LogP contribution >= 0.6 is 0 Å². The minimum atomic E-state index is -0.713. The number of likely N-dealkylation sites (N-methyl/N-ethyl adjacent to an activating group) is 2. The van der Waals surface area contributed by atoms with Gasteiger partial charge in [-0.25, -0.2) is 19.6 Å². The normalized spacial score (nSPS) is 18.2. The largest absolute Gasteiger partial charge is 0.478 e. The van der Waals surface area contributed by atoms with Gasteiger partial charge in [0.05, 0.1) is 66.5 Å².